The predicted octanol–water partition coefficient (Wildman–Crippen LogP) is 2.03. The molecule has 0 aliphatic carbocycles. The molecule has 23 heavy (non-hydrogen) atoms. The number of halogens is 1. The summed E-state index contributed by atoms with van der Waals surface area (Å²) in [7, 11) is -3.71. The van der Waals surface area contributed by atoms with Gasteiger partial charge in [0.05, 0.1) is 11.5 Å². The quantitative estimate of drug-likeness (QED) is 0.907. The molecule has 1 aromatic carbocycles. The molecule has 0 saturated carbocycles. The number of sulfonamides is 1. The average Bonchev–Trinajstić information content (AvgIpc) is 2.47. The van der Waals surface area contributed by atoms with Gasteiger partial charge in [-0.1, -0.05) is 0 Å². The van der Waals surface area contributed by atoms with Crippen molar-refractivity contribution in [2.45, 2.75) is 37.6 Å². The molecular formula is C15H21FN2O4S. The van der Waals surface area contributed by atoms with Crippen LogP contribution in [0.2, 0.25) is 0 Å². The van der Waals surface area contributed by atoms with Crippen LogP contribution in [0.1, 0.15) is 25.3 Å². The number of hydrogen-bond acceptors (Lipinski definition) is 4. The Bertz CT molecular complexity index is 670. The SMILES string of the molecule is CCOC(=O)N1CCC(NS(=O)(=O)c2ccc(F)cc2C)CC1. The highest BCUT2D eigenvalue weighted by molar-refractivity contribution is 7.89. The van der Waals surface area contributed by atoms with Gasteiger partial charge in [0.25, 0.3) is 0 Å². The van der Waals surface area contributed by atoms with Crippen LogP contribution in [0.5, 0.6) is 0 Å². The first-order chi connectivity index (χ1) is 10.8. The van der Waals surface area contributed by atoms with Crippen LogP contribution in [-0.2, 0) is 14.8 Å². The summed E-state index contributed by atoms with van der Waals surface area (Å²) >= 11 is 0. The van der Waals surface area contributed by atoms with Crippen LogP contribution in [0, 0.1) is 12.7 Å². The molecule has 128 valence electrons. The molecule has 1 fully saturated rings. The molecule has 1 amide bonds. The van der Waals surface area contributed by atoms with Crippen LogP contribution in [-0.4, -0.2) is 45.1 Å². The number of nitrogens with zero attached hydrogens (tertiary/aromatic N) is 1. The number of amides is 1. The molecule has 1 aliphatic heterocycles. The summed E-state index contributed by atoms with van der Waals surface area (Å²) in [5.74, 6) is -0.468. The fourth-order valence-electron chi connectivity index (χ4n) is 2.59. The number of carbonyl (C=O) groups excluding carboxylic acids is 1. The van der Waals surface area contributed by atoms with E-state index in [0.717, 1.165) is 6.07 Å². The summed E-state index contributed by atoms with van der Waals surface area (Å²) < 4.78 is 45.5. The Hall–Kier alpha value is -1.67. The summed E-state index contributed by atoms with van der Waals surface area (Å²) in [5.41, 5.74) is 0.362. The van der Waals surface area contributed by atoms with Gasteiger partial charge in [0.1, 0.15) is 5.82 Å². The molecule has 1 N–H and O–H groups in total. The highest BCUT2D eigenvalue weighted by atomic mass is 32.2. The fraction of sp³-hybridized carbons (Fsp3) is 0.533. The van der Waals surface area contributed by atoms with Crippen molar-refractivity contribution in [2.75, 3.05) is 19.7 Å². The molecule has 0 bridgehead atoms. The average molecular weight is 344 g/mol. The van der Waals surface area contributed by atoms with Gasteiger partial charge in [0.2, 0.25) is 10.0 Å². The van der Waals surface area contributed by atoms with E-state index in [2.05, 4.69) is 4.72 Å². The Morgan fingerprint density at radius 2 is 2.04 bits per heavy atom. The molecule has 1 heterocycles. The second-order valence-corrected chi connectivity index (χ2v) is 7.17. The molecule has 0 radical (unpaired) electrons. The van der Waals surface area contributed by atoms with E-state index < -0.39 is 15.8 Å². The maximum Gasteiger partial charge on any atom is 0.409 e. The highest BCUT2D eigenvalue weighted by Crippen LogP contribution is 2.19. The minimum atomic E-state index is -3.71. The van der Waals surface area contributed by atoms with Gasteiger partial charge in [-0.15, -0.1) is 0 Å². The van der Waals surface area contributed by atoms with Crippen molar-refractivity contribution in [3.8, 4) is 0 Å². The van der Waals surface area contributed by atoms with Gasteiger partial charge in [-0.2, -0.15) is 0 Å². The molecule has 0 spiro atoms. The smallest absolute Gasteiger partial charge is 0.409 e. The number of piperidine rings is 1. The molecule has 0 aromatic heterocycles. The van der Waals surface area contributed by atoms with Gasteiger partial charge in [-0.3, -0.25) is 0 Å². The van der Waals surface area contributed by atoms with Crippen LogP contribution in [0.15, 0.2) is 23.1 Å². The van der Waals surface area contributed by atoms with E-state index in [0.29, 0.717) is 38.1 Å². The third-order valence-electron chi connectivity index (χ3n) is 3.77. The summed E-state index contributed by atoms with van der Waals surface area (Å²) in [6.45, 7) is 4.49. The maximum absolute atomic E-state index is 13.1. The van der Waals surface area contributed by atoms with Crippen molar-refractivity contribution in [1.82, 2.24) is 9.62 Å². The predicted molar refractivity (Wildman–Crippen MR) is 83.1 cm³/mol. The van der Waals surface area contributed by atoms with Gasteiger partial charge < -0.3 is 9.64 Å². The maximum atomic E-state index is 13.1. The summed E-state index contributed by atoms with van der Waals surface area (Å²) in [4.78, 5) is 13.3. The van der Waals surface area contributed by atoms with Gasteiger partial charge in [0.15, 0.2) is 0 Å². The normalized spacial score (nSPS) is 16.4. The summed E-state index contributed by atoms with van der Waals surface area (Å²) in [6, 6.07) is 3.33. The molecule has 1 aromatic rings. The zero-order chi connectivity index (χ0) is 17.0. The van der Waals surface area contributed by atoms with Gasteiger partial charge in [0, 0.05) is 19.1 Å². The molecule has 8 heteroatoms. The number of carbonyl (C=O) groups is 1. The minimum absolute atomic E-state index is 0.0757. The number of ether oxygens (including phenoxy) is 1. The van der Waals surface area contributed by atoms with Crippen LogP contribution >= 0.6 is 0 Å². The second kappa shape index (κ2) is 7.27. The first-order valence-corrected chi connectivity index (χ1v) is 9.02. The molecule has 0 unspecified atom stereocenters. The summed E-state index contributed by atoms with van der Waals surface area (Å²) in [5, 5.41) is 0. The Morgan fingerprint density at radius 1 is 1.39 bits per heavy atom. The van der Waals surface area contributed by atoms with E-state index >= 15 is 0 Å². The van der Waals surface area contributed by atoms with Crippen LogP contribution in [0.3, 0.4) is 0 Å². The number of likely N-dealkylation sites (tertiary alicyclic amines) is 1. The first kappa shape index (κ1) is 17.7. The third-order valence-corrected chi connectivity index (χ3v) is 5.45. The lowest BCUT2D eigenvalue weighted by Crippen LogP contribution is -2.46. The Kier molecular flexibility index (Phi) is 5.59. The number of nitrogens with one attached hydrogen (secondary N) is 1. The Balaban J connectivity index is 1.99. The third kappa shape index (κ3) is 4.42. The lowest BCUT2D eigenvalue weighted by molar-refractivity contribution is 0.0966. The van der Waals surface area contributed by atoms with E-state index in [1.165, 1.54) is 12.1 Å². The fourth-order valence-corrected chi connectivity index (χ4v) is 4.12. The zero-order valence-electron chi connectivity index (χ0n) is 13.2. The van der Waals surface area contributed by atoms with Crippen molar-refractivity contribution < 1.29 is 22.3 Å². The number of rotatable bonds is 4. The lowest BCUT2D eigenvalue weighted by Gasteiger charge is -2.31. The van der Waals surface area contributed by atoms with Gasteiger partial charge >= 0.3 is 6.09 Å². The molecule has 6 nitrogen and oxygen atoms in total. The highest BCUT2D eigenvalue weighted by Gasteiger charge is 2.27. The van der Waals surface area contributed by atoms with Crippen LogP contribution < -0.4 is 4.72 Å². The number of hydrogen-bond donors (Lipinski definition) is 1. The monoisotopic (exact) mass is 344 g/mol. The van der Waals surface area contributed by atoms with E-state index in [4.69, 9.17) is 4.74 Å². The molecule has 0 atom stereocenters. The standard InChI is InChI=1S/C15H21FN2O4S/c1-3-22-15(19)18-8-6-13(7-9-18)17-23(20,21)14-5-4-12(16)10-11(14)2/h4-5,10,13,17H,3,6-9H2,1-2H3. The van der Waals surface area contributed by atoms with Gasteiger partial charge in [-0.25, -0.2) is 22.3 Å². The van der Waals surface area contributed by atoms with Crippen molar-refractivity contribution in [1.29, 1.82) is 0 Å². The lowest BCUT2D eigenvalue weighted by atomic mass is 10.1. The van der Waals surface area contributed by atoms with E-state index in [-0.39, 0.29) is 17.0 Å². The van der Waals surface area contributed by atoms with Gasteiger partial charge in [-0.05, 0) is 50.5 Å². The van der Waals surface area contributed by atoms with Crippen LogP contribution in [0.4, 0.5) is 9.18 Å². The molecule has 1 aliphatic rings. The minimum Gasteiger partial charge on any atom is -0.450 e. The zero-order valence-corrected chi connectivity index (χ0v) is 14.0. The topological polar surface area (TPSA) is 75.7 Å². The number of benzene rings is 1. The molecular weight excluding hydrogens is 323 g/mol. The number of aryl methyl sites for hydroxylation is 1. The Labute approximate surface area is 135 Å². The van der Waals surface area contributed by atoms with E-state index in [9.17, 15) is 17.6 Å². The molecule has 2 rings (SSSR count). The van der Waals surface area contributed by atoms with Crippen molar-refractivity contribution in [3.05, 3.63) is 29.6 Å². The van der Waals surface area contributed by atoms with E-state index in [1.807, 2.05) is 0 Å². The van der Waals surface area contributed by atoms with Crippen molar-refractivity contribution in [2.24, 2.45) is 0 Å². The van der Waals surface area contributed by atoms with Crippen molar-refractivity contribution >= 4 is 16.1 Å². The Morgan fingerprint density at radius 3 is 2.61 bits per heavy atom. The largest absolute Gasteiger partial charge is 0.450 e. The van der Waals surface area contributed by atoms with Crippen LogP contribution in [0.25, 0.3) is 0 Å². The van der Waals surface area contributed by atoms with E-state index in [1.54, 1.807) is 18.7 Å². The summed E-state index contributed by atoms with van der Waals surface area (Å²) in [6.07, 6.45) is 0.652. The van der Waals surface area contributed by atoms with Crippen molar-refractivity contribution in [3.63, 3.8) is 0 Å². The molecule has 1 saturated heterocycles. The second-order valence-electron chi connectivity index (χ2n) is 5.49. The first-order valence-electron chi connectivity index (χ1n) is 7.53.